The maximum atomic E-state index is 11.4. The van der Waals surface area contributed by atoms with E-state index in [4.69, 9.17) is 0 Å². The number of carboxylic acid groups (broad SMARTS) is 1. The van der Waals surface area contributed by atoms with E-state index in [1.54, 1.807) is 18.0 Å². The van der Waals surface area contributed by atoms with E-state index in [0.29, 0.717) is 18.2 Å². The van der Waals surface area contributed by atoms with Crippen LogP contribution in [-0.4, -0.2) is 22.6 Å². The highest BCUT2D eigenvalue weighted by Gasteiger charge is 2.21. The molecule has 2 N–H and O–H groups in total. The van der Waals surface area contributed by atoms with Gasteiger partial charge in [-0.05, 0) is 60.7 Å². The third-order valence-electron chi connectivity index (χ3n) is 5.12. The molecule has 142 valence electrons. The van der Waals surface area contributed by atoms with E-state index in [1.165, 1.54) is 33.2 Å². The molecular weight excluding hydrogens is 368 g/mol. The average molecular weight is 391 g/mol. The van der Waals surface area contributed by atoms with Gasteiger partial charge in [-0.1, -0.05) is 36.0 Å². The van der Waals surface area contributed by atoms with Gasteiger partial charge in [0.1, 0.15) is 0 Å². The summed E-state index contributed by atoms with van der Waals surface area (Å²) in [6, 6.07) is 18.7. The lowest BCUT2D eigenvalue weighted by Crippen LogP contribution is -2.19. The third kappa shape index (κ3) is 4.20. The van der Waals surface area contributed by atoms with Gasteiger partial charge in [0, 0.05) is 28.5 Å². The molecule has 1 heterocycles. The monoisotopic (exact) mass is 390 g/mol. The molecule has 4 rings (SSSR count). The number of fused-ring (bicyclic) bond motifs is 1. The molecule has 3 aromatic rings. The number of anilines is 1. The van der Waals surface area contributed by atoms with Gasteiger partial charge in [-0.2, -0.15) is 0 Å². The Morgan fingerprint density at radius 2 is 2.00 bits per heavy atom. The lowest BCUT2D eigenvalue weighted by molar-refractivity contribution is 0.0698. The number of benzene rings is 2. The van der Waals surface area contributed by atoms with Crippen molar-refractivity contribution < 1.29 is 9.90 Å². The number of hydrogen-bond acceptors (Lipinski definition) is 4. The summed E-state index contributed by atoms with van der Waals surface area (Å²) in [5.41, 5.74) is 3.62. The molecule has 0 aliphatic heterocycles. The summed E-state index contributed by atoms with van der Waals surface area (Å²) in [6.07, 6.45) is 6.46. The lowest BCUT2D eigenvalue weighted by atomic mass is 9.83. The van der Waals surface area contributed by atoms with Crippen LogP contribution in [0.2, 0.25) is 0 Å². The number of nitrogens with one attached hydrogen (secondary N) is 1. The zero-order valence-corrected chi connectivity index (χ0v) is 16.3. The topological polar surface area (TPSA) is 62.2 Å². The Balaban J connectivity index is 1.49. The molecule has 1 aromatic heterocycles. The molecule has 1 atom stereocenters. The van der Waals surface area contributed by atoms with Crippen LogP contribution in [0.5, 0.6) is 0 Å². The molecule has 2 aromatic carbocycles. The molecular formula is C23H22N2O2S. The fourth-order valence-electron chi connectivity index (χ4n) is 3.75. The quantitative estimate of drug-likeness (QED) is 0.585. The van der Waals surface area contributed by atoms with Gasteiger partial charge in [-0.25, -0.2) is 4.79 Å². The van der Waals surface area contributed by atoms with Gasteiger partial charge in [0.25, 0.3) is 0 Å². The summed E-state index contributed by atoms with van der Waals surface area (Å²) in [5.74, 6) is -0.558. The smallest absolute Gasteiger partial charge is 0.337 e. The first-order valence-electron chi connectivity index (χ1n) is 9.47. The van der Waals surface area contributed by atoms with Gasteiger partial charge >= 0.3 is 5.97 Å². The van der Waals surface area contributed by atoms with E-state index >= 15 is 0 Å². The number of pyridine rings is 1. The molecule has 1 aliphatic carbocycles. The van der Waals surface area contributed by atoms with Gasteiger partial charge in [0.05, 0.1) is 17.4 Å². The molecule has 4 nitrogen and oxygen atoms in total. The maximum absolute atomic E-state index is 11.4. The van der Waals surface area contributed by atoms with Gasteiger partial charge in [-0.3, -0.25) is 4.98 Å². The molecule has 0 fully saturated rings. The minimum Gasteiger partial charge on any atom is -0.478 e. The number of aromatic nitrogens is 1. The zero-order chi connectivity index (χ0) is 19.3. The van der Waals surface area contributed by atoms with Crippen LogP contribution in [0.4, 0.5) is 5.69 Å². The first-order chi connectivity index (χ1) is 13.7. The standard InChI is InChI=1S/C23H22N2O2S/c26-23(27)21-11-12-24-15-22(21)25-14-17-6-4-5-16-13-19(9-10-20(16)17)28-18-7-2-1-3-8-18/h1-3,7-13,15,17,25H,4-6,14H2,(H,26,27)/t17-/m0/s1. The molecule has 1 aliphatic rings. The SMILES string of the molecule is O=C(O)c1ccncc1NC[C@@H]1CCCc2cc(Sc3ccccc3)ccc21. The normalized spacial score (nSPS) is 15.6. The molecule has 0 unspecified atom stereocenters. The molecule has 0 bridgehead atoms. The number of aromatic carboxylic acids is 1. The van der Waals surface area contributed by atoms with Crippen LogP contribution in [0.1, 0.15) is 40.2 Å². The van der Waals surface area contributed by atoms with E-state index in [0.717, 1.165) is 19.3 Å². The lowest BCUT2D eigenvalue weighted by Gasteiger charge is -2.27. The van der Waals surface area contributed by atoms with Gasteiger partial charge in [0.2, 0.25) is 0 Å². The summed E-state index contributed by atoms with van der Waals surface area (Å²) >= 11 is 1.79. The number of nitrogens with zero attached hydrogens (tertiary/aromatic N) is 1. The van der Waals surface area contributed by atoms with Crippen LogP contribution in [0.15, 0.2) is 76.8 Å². The van der Waals surface area contributed by atoms with Crippen LogP contribution in [0.3, 0.4) is 0 Å². The fraction of sp³-hybridized carbons (Fsp3) is 0.217. The van der Waals surface area contributed by atoms with Gasteiger partial charge < -0.3 is 10.4 Å². The second-order valence-corrected chi connectivity index (χ2v) is 8.12. The summed E-state index contributed by atoms with van der Waals surface area (Å²) in [7, 11) is 0. The zero-order valence-electron chi connectivity index (χ0n) is 15.5. The van der Waals surface area contributed by atoms with Gasteiger partial charge in [-0.15, -0.1) is 0 Å². The Labute approximate surface area is 169 Å². The molecule has 0 radical (unpaired) electrons. The predicted molar refractivity (Wildman–Crippen MR) is 112 cm³/mol. The summed E-state index contributed by atoms with van der Waals surface area (Å²) in [4.78, 5) is 18.0. The second-order valence-electron chi connectivity index (χ2n) is 6.97. The number of rotatable bonds is 6. The molecule has 0 saturated heterocycles. The van der Waals surface area contributed by atoms with E-state index in [2.05, 4.69) is 52.8 Å². The number of aryl methyl sites for hydroxylation is 1. The highest BCUT2D eigenvalue weighted by molar-refractivity contribution is 7.99. The van der Waals surface area contributed by atoms with E-state index < -0.39 is 5.97 Å². The Morgan fingerprint density at radius 1 is 1.14 bits per heavy atom. The Bertz CT molecular complexity index is 975. The molecule has 0 spiro atoms. The minimum atomic E-state index is -0.934. The molecule has 28 heavy (non-hydrogen) atoms. The van der Waals surface area contributed by atoms with E-state index in [-0.39, 0.29) is 5.56 Å². The third-order valence-corrected chi connectivity index (χ3v) is 6.12. The fourth-order valence-corrected chi connectivity index (χ4v) is 4.65. The van der Waals surface area contributed by atoms with Crippen molar-refractivity contribution in [2.45, 2.75) is 35.0 Å². The first-order valence-corrected chi connectivity index (χ1v) is 10.3. The van der Waals surface area contributed by atoms with Crippen molar-refractivity contribution in [3.05, 3.63) is 83.7 Å². The predicted octanol–water partition coefficient (Wildman–Crippen LogP) is 5.46. The first kappa shape index (κ1) is 18.6. The number of carbonyl (C=O) groups is 1. The van der Waals surface area contributed by atoms with Crippen LogP contribution in [-0.2, 0) is 6.42 Å². The summed E-state index contributed by atoms with van der Waals surface area (Å²) in [6.45, 7) is 0.712. The van der Waals surface area contributed by atoms with Crippen LogP contribution < -0.4 is 5.32 Å². The van der Waals surface area contributed by atoms with Gasteiger partial charge in [0.15, 0.2) is 0 Å². The summed E-state index contributed by atoms with van der Waals surface area (Å²) in [5, 5.41) is 12.7. The van der Waals surface area contributed by atoms with Crippen LogP contribution in [0.25, 0.3) is 0 Å². The highest BCUT2D eigenvalue weighted by Crippen LogP contribution is 2.36. The average Bonchev–Trinajstić information content (AvgIpc) is 2.73. The Kier molecular flexibility index (Phi) is 5.63. The largest absolute Gasteiger partial charge is 0.478 e. The maximum Gasteiger partial charge on any atom is 0.337 e. The molecule has 0 amide bonds. The van der Waals surface area contributed by atoms with E-state index in [1.807, 2.05) is 6.07 Å². The van der Waals surface area contributed by atoms with Crippen molar-refractivity contribution in [2.75, 3.05) is 11.9 Å². The van der Waals surface area contributed by atoms with Crippen molar-refractivity contribution in [1.29, 1.82) is 0 Å². The van der Waals surface area contributed by atoms with Crippen molar-refractivity contribution in [2.24, 2.45) is 0 Å². The van der Waals surface area contributed by atoms with E-state index in [9.17, 15) is 9.90 Å². The van der Waals surface area contributed by atoms with Crippen molar-refractivity contribution >= 4 is 23.4 Å². The summed E-state index contributed by atoms with van der Waals surface area (Å²) < 4.78 is 0. The van der Waals surface area contributed by atoms with Crippen molar-refractivity contribution in [3.8, 4) is 0 Å². The van der Waals surface area contributed by atoms with Crippen LogP contribution in [0, 0.1) is 0 Å². The van der Waals surface area contributed by atoms with Crippen molar-refractivity contribution in [1.82, 2.24) is 4.98 Å². The number of carboxylic acids is 1. The Morgan fingerprint density at radius 3 is 2.82 bits per heavy atom. The van der Waals surface area contributed by atoms with Crippen LogP contribution >= 0.6 is 11.8 Å². The number of hydrogen-bond donors (Lipinski definition) is 2. The van der Waals surface area contributed by atoms with Crippen molar-refractivity contribution in [3.63, 3.8) is 0 Å². The molecule has 5 heteroatoms. The minimum absolute atomic E-state index is 0.264. The Hall–Kier alpha value is -2.79. The molecule has 0 saturated carbocycles. The second kappa shape index (κ2) is 8.48. The highest BCUT2D eigenvalue weighted by atomic mass is 32.2.